The summed E-state index contributed by atoms with van der Waals surface area (Å²) in [5.74, 6) is 0. The third-order valence-electron chi connectivity index (χ3n) is 2.05. The van der Waals surface area contributed by atoms with Crippen molar-refractivity contribution < 1.29 is 18.0 Å². The second kappa shape index (κ2) is 6.27. The van der Waals surface area contributed by atoms with Crippen LogP contribution < -0.4 is 0 Å². The Bertz CT molecular complexity index is 374. The van der Waals surface area contributed by atoms with Gasteiger partial charge in [0.15, 0.2) is 0 Å². The van der Waals surface area contributed by atoms with Gasteiger partial charge >= 0.3 is 6.18 Å². The van der Waals surface area contributed by atoms with Gasteiger partial charge in [0.05, 0.1) is 5.56 Å². The first-order valence-corrected chi connectivity index (χ1v) is 5.34. The van der Waals surface area contributed by atoms with Gasteiger partial charge in [0.25, 0.3) is 0 Å². The topological polar surface area (TPSA) is 21.6 Å². The second-order valence-corrected chi connectivity index (χ2v) is 3.55. The van der Waals surface area contributed by atoms with E-state index in [1.54, 1.807) is 12.3 Å². The van der Waals surface area contributed by atoms with Gasteiger partial charge in [0, 0.05) is 6.21 Å². The van der Waals surface area contributed by atoms with Crippen molar-refractivity contribution in [2.75, 3.05) is 0 Å². The molecule has 5 heteroatoms. The highest BCUT2D eigenvalue weighted by atomic mass is 19.4. The Morgan fingerprint density at radius 3 is 2.76 bits per heavy atom. The average molecular weight is 245 g/mol. The van der Waals surface area contributed by atoms with E-state index in [1.165, 1.54) is 6.07 Å². The lowest BCUT2D eigenvalue weighted by molar-refractivity contribution is -0.137. The van der Waals surface area contributed by atoms with Gasteiger partial charge < -0.3 is 4.84 Å². The van der Waals surface area contributed by atoms with Crippen LogP contribution in [0.15, 0.2) is 29.4 Å². The Labute approximate surface area is 98.1 Å². The number of unbranched alkanes of at least 4 members (excludes halogenated alkanes) is 1. The van der Waals surface area contributed by atoms with Gasteiger partial charge in [-0.15, -0.1) is 0 Å². The van der Waals surface area contributed by atoms with E-state index in [0.29, 0.717) is 5.56 Å². The van der Waals surface area contributed by atoms with Crippen LogP contribution in [0.3, 0.4) is 0 Å². The van der Waals surface area contributed by atoms with Crippen LogP contribution in [0.2, 0.25) is 0 Å². The zero-order valence-electron chi connectivity index (χ0n) is 9.50. The summed E-state index contributed by atoms with van der Waals surface area (Å²) in [5, 5.41) is 3.64. The Balaban J connectivity index is 2.55. The van der Waals surface area contributed by atoms with Gasteiger partial charge in [-0.25, -0.2) is 0 Å². The maximum atomic E-state index is 12.4. The summed E-state index contributed by atoms with van der Waals surface area (Å²) < 4.78 is 37.2. The molecule has 1 aromatic rings. The van der Waals surface area contributed by atoms with E-state index in [9.17, 15) is 13.2 Å². The smallest absolute Gasteiger partial charge is 0.391 e. The Kier molecular flexibility index (Phi) is 5.00. The predicted molar refractivity (Wildman–Crippen MR) is 59.6 cm³/mol. The molecule has 0 N–H and O–H groups in total. The van der Waals surface area contributed by atoms with Crippen LogP contribution >= 0.6 is 0 Å². The molecular formula is C12H14F3NO. The van der Waals surface area contributed by atoms with Crippen LogP contribution in [0.25, 0.3) is 0 Å². The largest absolute Gasteiger partial charge is 0.416 e. The van der Waals surface area contributed by atoms with Crippen molar-refractivity contribution in [2.24, 2.45) is 5.16 Å². The molecule has 0 amide bonds. The van der Waals surface area contributed by atoms with Crippen LogP contribution in [0.1, 0.15) is 30.9 Å². The van der Waals surface area contributed by atoms with E-state index >= 15 is 0 Å². The predicted octanol–water partition coefficient (Wildman–Crippen LogP) is 4.01. The number of halogens is 3. The molecule has 0 saturated carbocycles. The molecule has 1 aromatic carbocycles. The van der Waals surface area contributed by atoms with Crippen LogP contribution in [0.5, 0.6) is 0 Å². The van der Waals surface area contributed by atoms with Crippen LogP contribution in [0.4, 0.5) is 13.2 Å². The SMILES string of the molecule is CCCC=NOCc1cccc(C(F)(F)F)c1. The Morgan fingerprint density at radius 1 is 1.35 bits per heavy atom. The average Bonchev–Trinajstić information content (AvgIpc) is 2.28. The lowest BCUT2D eigenvalue weighted by Gasteiger charge is -2.07. The van der Waals surface area contributed by atoms with Gasteiger partial charge in [0.2, 0.25) is 0 Å². The molecule has 0 aliphatic heterocycles. The van der Waals surface area contributed by atoms with E-state index in [1.807, 2.05) is 6.92 Å². The maximum absolute atomic E-state index is 12.4. The molecule has 94 valence electrons. The van der Waals surface area contributed by atoms with Crippen molar-refractivity contribution in [3.8, 4) is 0 Å². The van der Waals surface area contributed by atoms with Crippen molar-refractivity contribution in [3.63, 3.8) is 0 Å². The van der Waals surface area contributed by atoms with Crippen LogP contribution in [-0.2, 0) is 17.6 Å². The number of benzene rings is 1. The van der Waals surface area contributed by atoms with Crippen LogP contribution in [-0.4, -0.2) is 6.21 Å². The zero-order chi connectivity index (χ0) is 12.7. The summed E-state index contributed by atoms with van der Waals surface area (Å²) in [5.41, 5.74) is -0.218. The molecule has 0 aliphatic carbocycles. The molecule has 0 radical (unpaired) electrons. The first-order valence-electron chi connectivity index (χ1n) is 5.34. The highest BCUT2D eigenvalue weighted by Crippen LogP contribution is 2.29. The molecule has 0 saturated heterocycles. The quantitative estimate of drug-likeness (QED) is 0.567. The van der Waals surface area contributed by atoms with Crippen molar-refractivity contribution in [3.05, 3.63) is 35.4 Å². The first kappa shape index (κ1) is 13.5. The zero-order valence-corrected chi connectivity index (χ0v) is 9.50. The highest BCUT2D eigenvalue weighted by Gasteiger charge is 2.30. The molecule has 2 nitrogen and oxygen atoms in total. The van der Waals surface area contributed by atoms with E-state index < -0.39 is 11.7 Å². The number of hydrogen-bond acceptors (Lipinski definition) is 2. The Hall–Kier alpha value is -1.52. The fourth-order valence-electron chi connectivity index (χ4n) is 1.18. The minimum Gasteiger partial charge on any atom is -0.391 e. The Morgan fingerprint density at radius 2 is 2.12 bits per heavy atom. The summed E-state index contributed by atoms with van der Waals surface area (Å²) in [7, 11) is 0. The van der Waals surface area contributed by atoms with Gasteiger partial charge in [-0.2, -0.15) is 13.2 Å². The highest BCUT2D eigenvalue weighted by molar-refractivity contribution is 5.55. The molecule has 0 atom stereocenters. The molecule has 17 heavy (non-hydrogen) atoms. The van der Waals surface area contributed by atoms with Gasteiger partial charge in [-0.1, -0.05) is 30.6 Å². The van der Waals surface area contributed by atoms with E-state index in [0.717, 1.165) is 25.0 Å². The number of nitrogens with zero attached hydrogens (tertiary/aromatic N) is 1. The van der Waals surface area contributed by atoms with E-state index in [-0.39, 0.29) is 6.61 Å². The lowest BCUT2D eigenvalue weighted by Crippen LogP contribution is -2.05. The summed E-state index contributed by atoms with van der Waals surface area (Å²) in [4.78, 5) is 4.89. The van der Waals surface area contributed by atoms with E-state index in [2.05, 4.69) is 5.16 Å². The van der Waals surface area contributed by atoms with Gasteiger partial charge in [0.1, 0.15) is 6.61 Å². The molecule has 0 aliphatic rings. The van der Waals surface area contributed by atoms with Crippen molar-refractivity contribution in [1.82, 2.24) is 0 Å². The molecule has 1 rings (SSSR count). The summed E-state index contributed by atoms with van der Waals surface area (Å²) in [6, 6.07) is 5.03. The first-order chi connectivity index (χ1) is 8.04. The molecule has 0 bridgehead atoms. The fourth-order valence-corrected chi connectivity index (χ4v) is 1.18. The molecular weight excluding hydrogens is 231 g/mol. The molecule has 0 heterocycles. The molecule has 0 aromatic heterocycles. The minimum absolute atomic E-state index is 0.0458. The third kappa shape index (κ3) is 4.89. The fraction of sp³-hybridized carbons (Fsp3) is 0.417. The number of rotatable bonds is 5. The van der Waals surface area contributed by atoms with E-state index in [4.69, 9.17) is 4.84 Å². The molecule has 0 unspecified atom stereocenters. The lowest BCUT2D eigenvalue weighted by atomic mass is 10.1. The normalized spacial score (nSPS) is 12.0. The monoisotopic (exact) mass is 245 g/mol. The summed E-state index contributed by atoms with van der Waals surface area (Å²) in [6.45, 7) is 2.04. The molecule has 0 fully saturated rings. The standard InChI is InChI=1S/C12H14F3NO/c1-2-3-7-16-17-9-10-5-4-6-11(8-10)12(13,14)15/h4-8H,2-3,9H2,1H3. The number of oxime groups is 1. The van der Waals surface area contributed by atoms with Crippen LogP contribution in [0, 0.1) is 0 Å². The number of alkyl halides is 3. The minimum atomic E-state index is -4.32. The maximum Gasteiger partial charge on any atom is 0.416 e. The summed E-state index contributed by atoms with van der Waals surface area (Å²) >= 11 is 0. The second-order valence-electron chi connectivity index (χ2n) is 3.55. The van der Waals surface area contributed by atoms with Crippen molar-refractivity contribution >= 4 is 6.21 Å². The summed E-state index contributed by atoms with van der Waals surface area (Å²) in [6.07, 6.45) is -0.964. The van der Waals surface area contributed by atoms with Crippen molar-refractivity contribution in [1.29, 1.82) is 0 Å². The number of hydrogen-bond donors (Lipinski definition) is 0. The van der Waals surface area contributed by atoms with Gasteiger partial charge in [-0.05, 0) is 24.1 Å². The molecule has 0 spiro atoms. The van der Waals surface area contributed by atoms with Crippen molar-refractivity contribution in [2.45, 2.75) is 32.5 Å². The van der Waals surface area contributed by atoms with Gasteiger partial charge in [-0.3, -0.25) is 0 Å². The third-order valence-corrected chi connectivity index (χ3v) is 2.05.